The van der Waals surface area contributed by atoms with Gasteiger partial charge in [0.2, 0.25) is 0 Å². The van der Waals surface area contributed by atoms with Crippen molar-refractivity contribution in [1.29, 1.82) is 0 Å². The number of nitrogen functional groups attached to an aromatic ring is 1. The lowest BCUT2D eigenvalue weighted by molar-refractivity contribution is -0.174. The molecule has 2 N–H and O–H groups in total. The molecule has 116 valence electrons. The van der Waals surface area contributed by atoms with Crippen LogP contribution in [-0.4, -0.2) is 0 Å². The number of hydrogen-bond donors (Lipinski definition) is 1. The molecule has 1 aromatic rings. The summed E-state index contributed by atoms with van der Waals surface area (Å²) in [5.41, 5.74) is -3.99. The molecule has 1 rings (SSSR count). The quantitative estimate of drug-likeness (QED) is 0.538. The van der Waals surface area contributed by atoms with Crippen LogP contribution in [0.4, 0.5) is 45.2 Å². The second kappa shape index (κ2) is 5.23. The molecule has 0 fully saturated rings. The molecular weight excluding hydrogens is 329 g/mol. The number of alkyl halides is 9. The van der Waals surface area contributed by atoms with Crippen LogP contribution in [0.3, 0.4) is 0 Å². The van der Waals surface area contributed by atoms with Crippen molar-refractivity contribution >= 4 is 18.1 Å². The minimum absolute atomic E-state index is 0. The highest BCUT2D eigenvalue weighted by molar-refractivity contribution is 5.85. The number of nitrogens with two attached hydrogens (primary N) is 1. The van der Waals surface area contributed by atoms with Gasteiger partial charge in [-0.3, -0.25) is 0 Å². The van der Waals surface area contributed by atoms with Crippen LogP contribution in [0.1, 0.15) is 16.7 Å². The number of hydrogen-bond acceptors (Lipinski definition) is 1. The van der Waals surface area contributed by atoms with E-state index in [1.165, 1.54) is 0 Å². The molecule has 0 spiro atoms. The second-order valence-electron chi connectivity index (χ2n) is 3.48. The highest BCUT2D eigenvalue weighted by Crippen LogP contribution is 2.47. The van der Waals surface area contributed by atoms with Crippen LogP contribution in [0.15, 0.2) is 12.1 Å². The Bertz CT molecular complexity index is 451. The summed E-state index contributed by atoms with van der Waals surface area (Å²) in [6, 6.07) is -0.365. The van der Waals surface area contributed by atoms with Crippen LogP contribution >= 0.6 is 12.4 Å². The molecule has 20 heavy (non-hydrogen) atoms. The van der Waals surface area contributed by atoms with Crippen molar-refractivity contribution < 1.29 is 39.5 Å². The van der Waals surface area contributed by atoms with Gasteiger partial charge in [-0.1, -0.05) is 0 Å². The number of rotatable bonds is 0. The lowest BCUT2D eigenvalue weighted by atomic mass is 9.98. The first-order valence-electron chi connectivity index (χ1n) is 4.39. The Morgan fingerprint density at radius 3 is 1.15 bits per heavy atom. The summed E-state index contributed by atoms with van der Waals surface area (Å²) in [7, 11) is 0. The third-order valence-electron chi connectivity index (χ3n) is 2.05. The molecule has 0 saturated carbocycles. The third-order valence-corrected chi connectivity index (χ3v) is 2.05. The molecule has 0 aliphatic rings. The average Bonchev–Trinajstić information content (AvgIpc) is 2.11. The van der Waals surface area contributed by atoms with Gasteiger partial charge >= 0.3 is 18.5 Å². The van der Waals surface area contributed by atoms with E-state index in [4.69, 9.17) is 5.73 Å². The molecule has 0 atom stereocenters. The molecule has 0 unspecified atom stereocenters. The SMILES string of the molecule is Cl.Nc1cc(C(F)(F)F)c(C(F)(F)F)c(C(F)(F)F)c1. The molecule has 0 amide bonds. The molecule has 0 heterocycles. The molecule has 1 aromatic carbocycles. The summed E-state index contributed by atoms with van der Waals surface area (Å²) >= 11 is 0. The average molecular weight is 334 g/mol. The summed E-state index contributed by atoms with van der Waals surface area (Å²) in [5.74, 6) is 0. The maximum atomic E-state index is 12.5. The van der Waals surface area contributed by atoms with Gasteiger partial charge in [0, 0.05) is 5.69 Å². The van der Waals surface area contributed by atoms with E-state index in [0.29, 0.717) is 0 Å². The van der Waals surface area contributed by atoms with E-state index in [-0.39, 0.29) is 24.5 Å². The highest BCUT2D eigenvalue weighted by atomic mass is 35.5. The highest BCUT2D eigenvalue weighted by Gasteiger charge is 2.50. The van der Waals surface area contributed by atoms with Crippen molar-refractivity contribution in [3.8, 4) is 0 Å². The molecule has 0 radical (unpaired) electrons. The van der Waals surface area contributed by atoms with Gasteiger partial charge in [-0.15, -0.1) is 12.4 Å². The fourth-order valence-corrected chi connectivity index (χ4v) is 1.42. The Balaban J connectivity index is 0.00000361. The van der Waals surface area contributed by atoms with E-state index < -0.39 is 40.9 Å². The smallest absolute Gasteiger partial charge is 0.399 e. The van der Waals surface area contributed by atoms with Crippen molar-refractivity contribution in [1.82, 2.24) is 0 Å². The number of benzene rings is 1. The fourth-order valence-electron chi connectivity index (χ4n) is 1.42. The Labute approximate surface area is 112 Å². The first-order chi connectivity index (χ1) is 8.24. The predicted molar refractivity (Wildman–Crippen MR) is 53.1 cm³/mol. The van der Waals surface area contributed by atoms with E-state index in [1.807, 2.05) is 0 Å². The standard InChI is InChI=1S/C9H4F9N.ClH/c10-7(11,12)4-1-3(19)2-5(8(13,14)15)6(4)9(16,17)18;/h1-2H,19H2;1H. The third kappa shape index (κ3) is 3.84. The summed E-state index contributed by atoms with van der Waals surface area (Å²) < 4.78 is 112. The first kappa shape index (κ1) is 18.7. The van der Waals surface area contributed by atoms with Crippen LogP contribution in [0.5, 0.6) is 0 Å². The first-order valence-corrected chi connectivity index (χ1v) is 4.39. The van der Waals surface area contributed by atoms with Gasteiger partial charge in [0.05, 0.1) is 16.7 Å². The zero-order chi connectivity index (χ0) is 15.2. The van der Waals surface area contributed by atoms with E-state index in [2.05, 4.69) is 0 Å². The lowest BCUT2D eigenvalue weighted by Crippen LogP contribution is -2.23. The van der Waals surface area contributed by atoms with Gasteiger partial charge in [0.25, 0.3) is 0 Å². The van der Waals surface area contributed by atoms with Gasteiger partial charge in [-0.2, -0.15) is 39.5 Å². The van der Waals surface area contributed by atoms with E-state index >= 15 is 0 Å². The van der Waals surface area contributed by atoms with Crippen LogP contribution < -0.4 is 5.73 Å². The Morgan fingerprint density at radius 1 is 0.650 bits per heavy atom. The van der Waals surface area contributed by atoms with Gasteiger partial charge in [0.15, 0.2) is 0 Å². The molecular formula is C9H5ClF9N. The van der Waals surface area contributed by atoms with E-state index in [0.717, 1.165) is 0 Å². The minimum atomic E-state index is -5.82. The van der Waals surface area contributed by atoms with Crippen LogP contribution in [0.25, 0.3) is 0 Å². The Hall–Kier alpha value is -1.32. The zero-order valence-electron chi connectivity index (χ0n) is 9.04. The van der Waals surface area contributed by atoms with E-state index in [1.54, 1.807) is 0 Å². The lowest BCUT2D eigenvalue weighted by Gasteiger charge is -2.21. The maximum Gasteiger partial charge on any atom is 0.417 e. The predicted octanol–water partition coefficient (Wildman–Crippen LogP) is 4.75. The molecule has 0 bridgehead atoms. The Kier molecular flexibility index (Phi) is 4.88. The maximum absolute atomic E-state index is 12.5. The molecule has 0 aliphatic heterocycles. The monoisotopic (exact) mass is 333 g/mol. The van der Waals surface area contributed by atoms with Crippen LogP contribution in [-0.2, 0) is 18.5 Å². The summed E-state index contributed by atoms with van der Waals surface area (Å²) in [5, 5.41) is 0. The van der Waals surface area contributed by atoms with Gasteiger partial charge in [-0.25, -0.2) is 0 Å². The van der Waals surface area contributed by atoms with Crippen molar-refractivity contribution in [2.24, 2.45) is 0 Å². The second-order valence-corrected chi connectivity index (χ2v) is 3.48. The number of halogens is 10. The van der Waals surface area contributed by atoms with Crippen molar-refractivity contribution in [3.63, 3.8) is 0 Å². The van der Waals surface area contributed by atoms with Crippen molar-refractivity contribution in [3.05, 3.63) is 28.8 Å². The van der Waals surface area contributed by atoms with Gasteiger partial charge in [0.1, 0.15) is 0 Å². The van der Waals surface area contributed by atoms with Crippen molar-refractivity contribution in [2.75, 3.05) is 5.73 Å². The van der Waals surface area contributed by atoms with Gasteiger partial charge < -0.3 is 5.73 Å². The van der Waals surface area contributed by atoms with Crippen LogP contribution in [0, 0.1) is 0 Å². The van der Waals surface area contributed by atoms with Crippen LogP contribution in [0.2, 0.25) is 0 Å². The molecule has 0 saturated heterocycles. The topological polar surface area (TPSA) is 26.0 Å². The summed E-state index contributed by atoms with van der Waals surface area (Å²) in [6.07, 6.45) is -17.0. The van der Waals surface area contributed by atoms with E-state index in [9.17, 15) is 39.5 Å². The minimum Gasteiger partial charge on any atom is -0.399 e. The summed E-state index contributed by atoms with van der Waals surface area (Å²) in [6.45, 7) is 0. The largest absolute Gasteiger partial charge is 0.417 e. The Morgan fingerprint density at radius 2 is 0.950 bits per heavy atom. The fraction of sp³-hybridized carbons (Fsp3) is 0.333. The molecule has 11 heteroatoms. The van der Waals surface area contributed by atoms with Crippen molar-refractivity contribution in [2.45, 2.75) is 18.5 Å². The summed E-state index contributed by atoms with van der Waals surface area (Å²) in [4.78, 5) is 0. The molecule has 0 aliphatic carbocycles. The molecule has 1 nitrogen and oxygen atoms in total. The normalized spacial score (nSPS) is 13.1. The van der Waals surface area contributed by atoms with Gasteiger partial charge in [-0.05, 0) is 12.1 Å². The zero-order valence-corrected chi connectivity index (χ0v) is 9.86. The molecule has 0 aromatic heterocycles. The number of anilines is 1.